The number of thiophene rings is 1. The van der Waals surface area contributed by atoms with Crippen LogP contribution in [0.15, 0.2) is 46.9 Å². The van der Waals surface area contributed by atoms with Gasteiger partial charge in [-0.05, 0) is 23.9 Å². The second-order valence-electron chi connectivity index (χ2n) is 7.15. The van der Waals surface area contributed by atoms with Crippen LogP contribution in [0, 0.1) is 5.82 Å². The van der Waals surface area contributed by atoms with Gasteiger partial charge < -0.3 is 15.0 Å². The van der Waals surface area contributed by atoms with Gasteiger partial charge in [-0.15, -0.1) is 11.3 Å². The van der Waals surface area contributed by atoms with Gasteiger partial charge in [0, 0.05) is 32.2 Å². The Bertz CT molecular complexity index is 919. The molecule has 1 aromatic carbocycles. The van der Waals surface area contributed by atoms with E-state index in [1.54, 1.807) is 18.2 Å². The predicted octanol–water partition coefficient (Wildman–Crippen LogP) is 3.63. The standard InChI is InChI=1S/C22H27FN4O3S/c1-3-10-24-22(29)26(11-12-30-2)15-21(28)27-19(16-7-4-5-8-17(16)23)14-18(25-27)20-9-6-13-31-20/h4-9,13,19H,3,10-12,14-15H2,1-2H3,(H,24,29). The number of nitrogens with one attached hydrogen (secondary N) is 1. The van der Waals surface area contributed by atoms with Crippen LogP contribution in [-0.4, -0.2) is 60.9 Å². The Balaban J connectivity index is 1.84. The Hall–Kier alpha value is -2.78. The normalized spacial score (nSPS) is 15.6. The Morgan fingerprint density at radius 2 is 2.13 bits per heavy atom. The molecule has 0 fully saturated rings. The Labute approximate surface area is 185 Å². The monoisotopic (exact) mass is 446 g/mol. The third kappa shape index (κ3) is 5.68. The summed E-state index contributed by atoms with van der Waals surface area (Å²) in [6, 6.07) is 9.35. The number of ether oxygens (including phenoxy) is 1. The van der Waals surface area contributed by atoms with E-state index in [1.165, 1.54) is 34.4 Å². The van der Waals surface area contributed by atoms with Crippen LogP contribution in [0.5, 0.6) is 0 Å². The molecule has 1 aromatic heterocycles. The number of halogens is 1. The number of carbonyl (C=O) groups excluding carboxylic acids is 2. The van der Waals surface area contributed by atoms with Crippen molar-refractivity contribution in [1.82, 2.24) is 15.2 Å². The van der Waals surface area contributed by atoms with Crippen molar-refractivity contribution in [3.05, 3.63) is 58.0 Å². The molecule has 31 heavy (non-hydrogen) atoms. The maximum atomic E-state index is 14.6. The summed E-state index contributed by atoms with van der Waals surface area (Å²) < 4.78 is 19.7. The molecule has 1 aliphatic rings. The molecule has 1 atom stereocenters. The van der Waals surface area contributed by atoms with Crippen molar-refractivity contribution in [3.8, 4) is 0 Å². The minimum absolute atomic E-state index is 0.176. The lowest BCUT2D eigenvalue weighted by Crippen LogP contribution is -2.47. The summed E-state index contributed by atoms with van der Waals surface area (Å²) in [5.74, 6) is -0.757. The number of rotatable bonds is 9. The van der Waals surface area contributed by atoms with Crippen LogP contribution in [0.1, 0.15) is 36.2 Å². The van der Waals surface area contributed by atoms with Crippen LogP contribution in [0.2, 0.25) is 0 Å². The van der Waals surface area contributed by atoms with Crippen LogP contribution in [-0.2, 0) is 9.53 Å². The number of hydrazone groups is 1. The number of methoxy groups -OCH3 is 1. The lowest BCUT2D eigenvalue weighted by molar-refractivity contribution is -0.133. The van der Waals surface area contributed by atoms with E-state index in [9.17, 15) is 14.0 Å². The minimum atomic E-state index is -0.561. The molecule has 2 aromatic rings. The number of hydrogen-bond donors (Lipinski definition) is 1. The average molecular weight is 447 g/mol. The molecule has 166 valence electrons. The molecule has 1 N–H and O–H groups in total. The van der Waals surface area contributed by atoms with Gasteiger partial charge in [0.05, 0.1) is 23.2 Å². The first-order valence-electron chi connectivity index (χ1n) is 10.2. The highest BCUT2D eigenvalue weighted by Crippen LogP contribution is 2.35. The molecule has 0 spiro atoms. The first-order chi connectivity index (χ1) is 15.0. The van der Waals surface area contributed by atoms with Crippen LogP contribution in [0.25, 0.3) is 0 Å². The number of benzene rings is 1. The van der Waals surface area contributed by atoms with Gasteiger partial charge in [0.25, 0.3) is 5.91 Å². The first kappa shape index (κ1) is 22.9. The smallest absolute Gasteiger partial charge is 0.317 e. The lowest BCUT2D eigenvalue weighted by Gasteiger charge is -2.27. The average Bonchev–Trinajstić information content (AvgIpc) is 3.45. The zero-order valence-electron chi connectivity index (χ0n) is 17.7. The molecule has 0 saturated carbocycles. The molecule has 1 aliphatic heterocycles. The molecule has 7 nitrogen and oxygen atoms in total. The van der Waals surface area contributed by atoms with Gasteiger partial charge in [0.2, 0.25) is 0 Å². The topological polar surface area (TPSA) is 74.2 Å². The third-order valence-electron chi connectivity index (χ3n) is 4.94. The fourth-order valence-corrected chi connectivity index (χ4v) is 4.07. The summed E-state index contributed by atoms with van der Waals surface area (Å²) in [5.41, 5.74) is 1.14. The molecule has 1 unspecified atom stereocenters. The number of amides is 3. The SMILES string of the molecule is CCCNC(=O)N(CCOC)CC(=O)N1N=C(c2cccs2)CC1c1ccccc1F. The Kier molecular flexibility index (Phi) is 8.13. The number of urea groups is 1. The van der Waals surface area contributed by atoms with Crippen molar-refractivity contribution in [2.45, 2.75) is 25.8 Å². The highest BCUT2D eigenvalue weighted by Gasteiger charge is 2.35. The van der Waals surface area contributed by atoms with Crippen molar-refractivity contribution in [1.29, 1.82) is 0 Å². The molecular weight excluding hydrogens is 419 g/mol. The molecule has 0 bridgehead atoms. The molecule has 0 radical (unpaired) electrons. The lowest BCUT2D eigenvalue weighted by atomic mass is 10.0. The fourth-order valence-electron chi connectivity index (χ4n) is 3.35. The van der Waals surface area contributed by atoms with E-state index in [0.717, 1.165) is 17.0 Å². The van der Waals surface area contributed by atoms with E-state index < -0.39 is 6.04 Å². The molecular formula is C22H27FN4O3S. The second-order valence-corrected chi connectivity index (χ2v) is 8.10. The van der Waals surface area contributed by atoms with Crippen LogP contribution in [0.4, 0.5) is 9.18 Å². The van der Waals surface area contributed by atoms with Crippen LogP contribution >= 0.6 is 11.3 Å². The number of carbonyl (C=O) groups is 2. The maximum absolute atomic E-state index is 14.6. The summed E-state index contributed by atoms with van der Waals surface area (Å²) in [6.07, 6.45) is 1.20. The van der Waals surface area contributed by atoms with Gasteiger partial charge in [-0.1, -0.05) is 31.2 Å². The van der Waals surface area contributed by atoms with Crippen LogP contribution < -0.4 is 5.32 Å². The highest BCUT2D eigenvalue weighted by atomic mass is 32.1. The molecule has 2 heterocycles. The van der Waals surface area contributed by atoms with E-state index in [0.29, 0.717) is 25.1 Å². The summed E-state index contributed by atoms with van der Waals surface area (Å²) >= 11 is 1.52. The van der Waals surface area contributed by atoms with Gasteiger partial charge in [-0.25, -0.2) is 14.2 Å². The zero-order chi connectivity index (χ0) is 22.2. The largest absolute Gasteiger partial charge is 0.383 e. The van der Waals surface area contributed by atoms with Gasteiger partial charge in [-0.3, -0.25) is 4.79 Å². The number of hydrogen-bond acceptors (Lipinski definition) is 5. The second kappa shape index (κ2) is 11.0. The first-order valence-corrected chi connectivity index (χ1v) is 11.1. The van der Waals surface area contributed by atoms with Gasteiger partial charge >= 0.3 is 6.03 Å². The molecule has 0 saturated heterocycles. The summed E-state index contributed by atoms with van der Waals surface area (Å²) in [5, 5.41) is 10.6. The Morgan fingerprint density at radius 1 is 1.32 bits per heavy atom. The van der Waals surface area contributed by atoms with Gasteiger partial charge in [-0.2, -0.15) is 5.10 Å². The molecule has 3 amide bonds. The molecule has 3 rings (SSSR count). The third-order valence-corrected chi connectivity index (χ3v) is 5.86. The Morgan fingerprint density at radius 3 is 2.81 bits per heavy atom. The quantitative estimate of drug-likeness (QED) is 0.639. The molecule has 0 aliphatic carbocycles. The summed E-state index contributed by atoms with van der Waals surface area (Å²) in [6.45, 7) is 2.85. The van der Waals surface area contributed by atoms with Crippen molar-refractivity contribution >= 4 is 29.0 Å². The van der Waals surface area contributed by atoms with Gasteiger partial charge in [0.1, 0.15) is 12.4 Å². The van der Waals surface area contributed by atoms with E-state index >= 15 is 0 Å². The summed E-state index contributed by atoms with van der Waals surface area (Å²) in [4.78, 5) is 28.1. The van der Waals surface area contributed by atoms with E-state index in [2.05, 4.69) is 10.4 Å². The fraction of sp³-hybridized carbons (Fsp3) is 0.409. The van der Waals surface area contributed by atoms with Crippen molar-refractivity contribution in [3.63, 3.8) is 0 Å². The zero-order valence-corrected chi connectivity index (χ0v) is 18.5. The maximum Gasteiger partial charge on any atom is 0.317 e. The van der Waals surface area contributed by atoms with E-state index in [4.69, 9.17) is 4.74 Å². The molecule has 9 heteroatoms. The van der Waals surface area contributed by atoms with E-state index in [-0.39, 0.29) is 30.8 Å². The van der Waals surface area contributed by atoms with Crippen molar-refractivity contribution in [2.75, 3.05) is 33.4 Å². The van der Waals surface area contributed by atoms with Crippen molar-refractivity contribution in [2.24, 2.45) is 5.10 Å². The van der Waals surface area contributed by atoms with Crippen LogP contribution in [0.3, 0.4) is 0 Å². The highest BCUT2D eigenvalue weighted by molar-refractivity contribution is 7.12. The summed E-state index contributed by atoms with van der Waals surface area (Å²) in [7, 11) is 1.54. The predicted molar refractivity (Wildman–Crippen MR) is 119 cm³/mol. The van der Waals surface area contributed by atoms with Crippen molar-refractivity contribution < 1.29 is 18.7 Å². The van der Waals surface area contributed by atoms with Gasteiger partial charge in [0.15, 0.2) is 0 Å². The van der Waals surface area contributed by atoms with E-state index in [1.807, 2.05) is 24.4 Å². The number of nitrogens with zero attached hydrogens (tertiary/aromatic N) is 3. The minimum Gasteiger partial charge on any atom is -0.383 e.